The summed E-state index contributed by atoms with van der Waals surface area (Å²) in [5.74, 6) is -0.874. The number of benzene rings is 3. The Kier molecular flexibility index (Phi) is 7.49. The third-order valence-electron chi connectivity index (χ3n) is 6.13. The lowest BCUT2D eigenvalue weighted by Crippen LogP contribution is -2.40. The van der Waals surface area contributed by atoms with Gasteiger partial charge in [0.15, 0.2) is 16.3 Å². The number of ether oxygens (including phenoxy) is 2. The summed E-state index contributed by atoms with van der Waals surface area (Å²) in [6, 6.07) is 17.2. The second-order valence-electron chi connectivity index (χ2n) is 8.54. The van der Waals surface area contributed by atoms with Gasteiger partial charge in [-0.2, -0.15) is 0 Å². The number of hydrogen-bond acceptors (Lipinski definition) is 7. The Hall–Kier alpha value is -4.02. The predicted octanol–water partition coefficient (Wildman–Crippen LogP) is 4.55. The first kappa shape index (κ1) is 26.6. The van der Waals surface area contributed by atoms with E-state index in [2.05, 4.69) is 15.9 Å². The van der Waals surface area contributed by atoms with Crippen LogP contribution < -0.4 is 19.6 Å². The lowest BCUT2D eigenvalue weighted by atomic mass is 9.93. The van der Waals surface area contributed by atoms with E-state index in [1.165, 1.54) is 23.8 Å². The van der Waals surface area contributed by atoms with Crippen LogP contribution in [0.25, 0.3) is 11.8 Å². The molecule has 1 N–H and O–H groups in total. The number of carbonyl (C=O) groups excluding carboxylic acids is 1. The van der Waals surface area contributed by atoms with Gasteiger partial charge in [-0.3, -0.25) is 9.36 Å². The highest BCUT2D eigenvalue weighted by atomic mass is 79.9. The molecule has 198 valence electrons. The number of methoxy groups -OCH3 is 1. The van der Waals surface area contributed by atoms with Gasteiger partial charge in [0, 0.05) is 5.56 Å². The van der Waals surface area contributed by atoms with Crippen molar-refractivity contribution in [3.05, 3.63) is 119 Å². The number of carbonyl (C=O) groups is 1. The fourth-order valence-electron chi connectivity index (χ4n) is 4.38. The van der Waals surface area contributed by atoms with E-state index >= 15 is 0 Å². The normalized spacial score (nSPS) is 15.1. The maximum Gasteiger partial charge on any atom is 0.338 e. The first-order valence-corrected chi connectivity index (χ1v) is 13.5. The summed E-state index contributed by atoms with van der Waals surface area (Å²) in [5, 5.41) is 10.2. The summed E-state index contributed by atoms with van der Waals surface area (Å²) >= 11 is 4.46. The van der Waals surface area contributed by atoms with E-state index in [1.54, 1.807) is 37.3 Å². The summed E-state index contributed by atoms with van der Waals surface area (Å²) in [5.41, 5.74) is 1.99. The molecule has 0 radical (unpaired) electrons. The highest BCUT2D eigenvalue weighted by Gasteiger charge is 2.35. The van der Waals surface area contributed by atoms with Gasteiger partial charge in [-0.25, -0.2) is 14.2 Å². The molecule has 1 aliphatic rings. The Balaban J connectivity index is 1.82. The van der Waals surface area contributed by atoms with Gasteiger partial charge in [0.2, 0.25) is 0 Å². The van der Waals surface area contributed by atoms with Crippen molar-refractivity contribution in [2.24, 2.45) is 4.99 Å². The molecule has 0 aliphatic carbocycles. The Morgan fingerprint density at radius 2 is 1.90 bits per heavy atom. The molecule has 0 saturated heterocycles. The minimum atomic E-state index is -0.903. The van der Waals surface area contributed by atoms with E-state index in [4.69, 9.17) is 14.5 Å². The minimum Gasteiger partial charge on any atom is -0.503 e. The summed E-state index contributed by atoms with van der Waals surface area (Å²) in [4.78, 5) is 32.4. The molecule has 1 atom stereocenters. The lowest BCUT2D eigenvalue weighted by molar-refractivity contribution is -0.138. The second kappa shape index (κ2) is 11.0. The predicted molar refractivity (Wildman–Crippen MR) is 150 cm³/mol. The van der Waals surface area contributed by atoms with Crippen LogP contribution in [0.1, 0.15) is 29.7 Å². The van der Waals surface area contributed by atoms with E-state index in [-0.39, 0.29) is 29.2 Å². The number of halogens is 2. The third kappa shape index (κ3) is 5.05. The lowest BCUT2D eigenvalue weighted by Gasteiger charge is -2.25. The molecule has 7 nitrogen and oxygen atoms in total. The second-order valence-corrected chi connectivity index (χ2v) is 10.4. The quantitative estimate of drug-likeness (QED) is 0.324. The van der Waals surface area contributed by atoms with E-state index in [0.29, 0.717) is 36.2 Å². The van der Waals surface area contributed by atoms with Gasteiger partial charge >= 0.3 is 5.97 Å². The van der Waals surface area contributed by atoms with Crippen LogP contribution in [0.4, 0.5) is 4.39 Å². The average molecular weight is 609 g/mol. The van der Waals surface area contributed by atoms with Gasteiger partial charge in [-0.15, -0.1) is 0 Å². The maximum absolute atomic E-state index is 13.9. The van der Waals surface area contributed by atoms with Crippen LogP contribution in [0.15, 0.2) is 86.6 Å². The molecule has 0 fully saturated rings. The zero-order valence-corrected chi connectivity index (χ0v) is 23.3. The van der Waals surface area contributed by atoms with Crippen LogP contribution in [0, 0.1) is 5.82 Å². The van der Waals surface area contributed by atoms with Crippen LogP contribution in [-0.4, -0.2) is 29.4 Å². The first-order chi connectivity index (χ1) is 18.8. The van der Waals surface area contributed by atoms with Crippen molar-refractivity contribution >= 4 is 45.0 Å². The SMILES string of the molecule is CCOC(=O)C1=C(c2ccccc2)N=c2sc(=Cc3cc(Br)c(O)c(OC)c3)c(=O)n2[C@H]1c1ccc(F)cc1. The molecule has 2 heterocycles. The van der Waals surface area contributed by atoms with E-state index in [9.17, 15) is 19.1 Å². The van der Waals surface area contributed by atoms with Crippen molar-refractivity contribution in [1.29, 1.82) is 0 Å². The van der Waals surface area contributed by atoms with Crippen LogP contribution in [0.3, 0.4) is 0 Å². The summed E-state index contributed by atoms with van der Waals surface area (Å²) in [6.07, 6.45) is 1.66. The number of aromatic hydroxyl groups is 1. The summed E-state index contributed by atoms with van der Waals surface area (Å²) < 4.78 is 26.7. The van der Waals surface area contributed by atoms with Crippen LogP contribution in [-0.2, 0) is 9.53 Å². The minimum absolute atomic E-state index is 0.0565. The fourth-order valence-corrected chi connectivity index (χ4v) is 5.85. The molecule has 3 aromatic carbocycles. The zero-order valence-electron chi connectivity index (χ0n) is 20.9. The average Bonchev–Trinajstić information content (AvgIpc) is 3.25. The van der Waals surface area contributed by atoms with Gasteiger partial charge in [-0.05, 0) is 64.3 Å². The number of rotatable bonds is 6. The molecule has 10 heteroatoms. The number of aromatic nitrogens is 1. The van der Waals surface area contributed by atoms with Crippen molar-refractivity contribution in [3.8, 4) is 11.5 Å². The van der Waals surface area contributed by atoms with Gasteiger partial charge in [-0.1, -0.05) is 53.8 Å². The molecule has 39 heavy (non-hydrogen) atoms. The smallest absolute Gasteiger partial charge is 0.338 e. The fraction of sp³-hybridized carbons (Fsp3) is 0.138. The highest BCUT2D eigenvalue weighted by Crippen LogP contribution is 2.36. The van der Waals surface area contributed by atoms with Gasteiger partial charge < -0.3 is 14.6 Å². The maximum atomic E-state index is 13.9. The number of esters is 1. The largest absolute Gasteiger partial charge is 0.503 e. The van der Waals surface area contributed by atoms with Crippen molar-refractivity contribution in [2.45, 2.75) is 13.0 Å². The molecule has 0 unspecified atom stereocenters. The third-order valence-corrected chi connectivity index (χ3v) is 7.72. The number of nitrogens with zero attached hydrogens (tertiary/aromatic N) is 2. The van der Waals surface area contributed by atoms with Crippen molar-refractivity contribution in [1.82, 2.24) is 4.57 Å². The van der Waals surface area contributed by atoms with E-state index < -0.39 is 17.8 Å². The van der Waals surface area contributed by atoms with Gasteiger partial charge in [0.1, 0.15) is 5.82 Å². The molecule has 0 spiro atoms. The van der Waals surface area contributed by atoms with E-state index in [0.717, 1.165) is 11.3 Å². The van der Waals surface area contributed by atoms with Gasteiger partial charge in [0.25, 0.3) is 5.56 Å². The standard InChI is InChI=1S/C29H22BrFN2O5S/c1-3-38-28(36)23-24(17-7-5-4-6-8-17)32-29-33(25(23)18-9-11-19(31)12-10-18)27(35)22(39-29)15-16-13-20(30)26(34)21(14-16)37-2/h4-15,25,34H,3H2,1-2H3/t25-/m0/s1. The summed E-state index contributed by atoms with van der Waals surface area (Å²) in [6.45, 7) is 1.83. The molecule has 0 saturated carbocycles. The van der Waals surface area contributed by atoms with Crippen molar-refractivity contribution in [2.75, 3.05) is 13.7 Å². The molecule has 4 aromatic rings. The van der Waals surface area contributed by atoms with Crippen LogP contribution >= 0.6 is 27.3 Å². The monoisotopic (exact) mass is 608 g/mol. The van der Waals surface area contributed by atoms with E-state index in [1.807, 2.05) is 30.3 Å². The van der Waals surface area contributed by atoms with Crippen LogP contribution in [0.2, 0.25) is 0 Å². The first-order valence-electron chi connectivity index (χ1n) is 11.9. The number of hydrogen-bond donors (Lipinski definition) is 1. The number of fused-ring (bicyclic) bond motifs is 1. The van der Waals surface area contributed by atoms with Gasteiger partial charge in [0.05, 0.1) is 40.0 Å². The molecule has 0 bridgehead atoms. The van der Waals surface area contributed by atoms with Crippen molar-refractivity contribution < 1.29 is 23.8 Å². The summed E-state index contributed by atoms with van der Waals surface area (Å²) in [7, 11) is 1.43. The molecular formula is C29H22BrFN2O5S. The van der Waals surface area contributed by atoms with Crippen molar-refractivity contribution in [3.63, 3.8) is 0 Å². The number of phenols is 1. The Morgan fingerprint density at radius 3 is 2.56 bits per heavy atom. The highest BCUT2D eigenvalue weighted by molar-refractivity contribution is 9.10. The number of phenolic OH excluding ortho intramolecular Hbond substituents is 1. The molecule has 1 aromatic heterocycles. The Labute approximate surface area is 234 Å². The van der Waals surface area contributed by atoms with Crippen LogP contribution in [0.5, 0.6) is 11.5 Å². The molecule has 1 aliphatic heterocycles. The Morgan fingerprint density at radius 1 is 1.18 bits per heavy atom. The Bertz CT molecular complexity index is 1780. The topological polar surface area (TPSA) is 90.1 Å². The molecule has 5 rings (SSSR count). The molecule has 0 amide bonds. The number of thiazole rings is 1. The molecular weight excluding hydrogens is 587 g/mol. The zero-order chi connectivity index (χ0) is 27.7.